The average molecular weight is 177 g/mol. The Labute approximate surface area is 76.7 Å². The number of aromatic nitrogens is 1. The molecule has 3 heteroatoms. The van der Waals surface area contributed by atoms with E-state index in [0.29, 0.717) is 11.7 Å². The van der Waals surface area contributed by atoms with E-state index in [2.05, 4.69) is 4.98 Å². The minimum atomic E-state index is -0.284. The zero-order valence-electron chi connectivity index (χ0n) is 7.49. The maximum Gasteiger partial charge on any atom is 0.308 e. The molecule has 0 unspecified atom stereocenters. The summed E-state index contributed by atoms with van der Waals surface area (Å²) in [5.74, 6) is 0.910. The highest BCUT2D eigenvalue weighted by Gasteiger charge is 2.25. The zero-order chi connectivity index (χ0) is 9.26. The Morgan fingerprint density at radius 3 is 3.00 bits per heavy atom. The van der Waals surface area contributed by atoms with Crippen LogP contribution in [0.4, 0.5) is 0 Å². The zero-order valence-corrected chi connectivity index (χ0v) is 7.49. The van der Waals surface area contributed by atoms with Crippen molar-refractivity contribution in [2.75, 3.05) is 0 Å². The first-order chi connectivity index (χ1) is 6.25. The van der Waals surface area contributed by atoms with Gasteiger partial charge in [-0.1, -0.05) is 0 Å². The number of hydrogen-bond donors (Lipinski definition) is 0. The molecule has 1 saturated carbocycles. The van der Waals surface area contributed by atoms with E-state index < -0.39 is 0 Å². The van der Waals surface area contributed by atoms with Gasteiger partial charge in [-0.3, -0.25) is 9.78 Å². The maximum absolute atomic E-state index is 10.7. The van der Waals surface area contributed by atoms with Gasteiger partial charge < -0.3 is 4.74 Å². The molecule has 68 valence electrons. The summed E-state index contributed by atoms with van der Waals surface area (Å²) in [7, 11) is 0. The van der Waals surface area contributed by atoms with Gasteiger partial charge in [0.05, 0.1) is 0 Å². The van der Waals surface area contributed by atoms with Gasteiger partial charge in [-0.25, -0.2) is 0 Å². The molecule has 13 heavy (non-hydrogen) atoms. The molecule has 0 aliphatic heterocycles. The Bertz CT molecular complexity index is 331. The smallest absolute Gasteiger partial charge is 0.308 e. The predicted molar refractivity (Wildman–Crippen MR) is 47.5 cm³/mol. The molecule has 1 aromatic rings. The second-order valence-corrected chi connectivity index (χ2v) is 3.28. The Morgan fingerprint density at radius 1 is 1.62 bits per heavy atom. The second-order valence-electron chi connectivity index (χ2n) is 3.28. The van der Waals surface area contributed by atoms with E-state index >= 15 is 0 Å². The quantitative estimate of drug-likeness (QED) is 0.647. The van der Waals surface area contributed by atoms with Gasteiger partial charge in [0, 0.05) is 30.8 Å². The SMILES string of the molecule is CC(=O)Oc1ccnc(C2CC2)c1. The van der Waals surface area contributed by atoms with Crippen LogP contribution in [0.5, 0.6) is 5.75 Å². The number of hydrogen-bond acceptors (Lipinski definition) is 3. The van der Waals surface area contributed by atoms with Gasteiger partial charge in [0.15, 0.2) is 0 Å². The fourth-order valence-electron chi connectivity index (χ4n) is 1.26. The maximum atomic E-state index is 10.7. The number of carbonyl (C=O) groups excluding carboxylic acids is 1. The third-order valence-corrected chi connectivity index (χ3v) is 2.01. The summed E-state index contributed by atoms with van der Waals surface area (Å²) in [4.78, 5) is 14.9. The first-order valence-electron chi connectivity index (χ1n) is 4.40. The Hall–Kier alpha value is -1.38. The topological polar surface area (TPSA) is 39.2 Å². The normalized spacial score (nSPS) is 15.5. The molecular formula is C10H11NO2. The van der Waals surface area contributed by atoms with E-state index in [1.54, 1.807) is 12.3 Å². The molecule has 0 atom stereocenters. The number of carbonyl (C=O) groups is 1. The molecule has 2 rings (SSSR count). The predicted octanol–water partition coefficient (Wildman–Crippen LogP) is 1.88. The van der Waals surface area contributed by atoms with E-state index in [1.807, 2.05) is 6.07 Å². The molecular weight excluding hydrogens is 166 g/mol. The molecule has 0 N–H and O–H groups in total. The van der Waals surface area contributed by atoms with E-state index in [9.17, 15) is 4.79 Å². The van der Waals surface area contributed by atoms with Crippen LogP contribution in [0.3, 0.4) is 0 Å². The van der Waals surface area contributed by atoms with Crippen molar-refractivity contribution in [1.29, 1.82) is 0 Å². The van der Waals surface area contributed by atoms with Gasteiger partial charge in [-0.05, 0) is 18.9 Å². The van der Waals surface area contributed by atoms with Crippen LogP contribution in [-0.4, -0.2) is 11.0 Å². The van der Waals surface area contributed by atoms with Crippen LogP contribution in [0.15, 0.2) is 18.3 Å². The van der Waals surface area contributed by atoms with Crippen molar-refractivity contribution in [3.8, 4) is 5.75 Å². The number of ether oxygens (including phenoxy) is 1. The number of rotatable bonds is 2. The molecule has 1 aliphatic carbocycles. The molecule has 1 heterocycles. The Balaban J connectivity index is 2.16. The molecule has 0 amide bonds. The monoisotopic (exact) mass is 177 g/mol. The summed E-state index contributed by atoms with van der Waals surface area (Å²) in [5, 5.41) is 0. The van der Waals surface area contributed by atoms with E-state index in [1.165, 1.54) is 19.8 Å². The minimum absolute atomic E-state index is 0.284. The van der Waals surface area contributed by atoms with Gasteiger partial charge >= 0.3 is 5.97 Å². The fourth-order valence-corrected chi connectivity index (χ4v) is 1.26. The lowest BCUT2D eigenvalue weighted by atomic mass is 10.2. The van der Waals surface area contributed by atoms with Crippen molar-refractivity contribution < 1.29 is 9.53 Å². The van der Waals surface area contributed by atoms with Crippen molar-refractivity contribution in [3.63, 3.8) is 0 Å². The van der Waals surface area contributed by atoms with Crippen molar-refractivity contribution in [3.05, 3.63) is 24.0 Å². The molecule has 3 nitrogen and oxygen atoms in total. The van der Waals surface area contributed by atoms with Crippen molar-refractivity contribution in [2.45, 2.75) is 25.7 Å². The van der Waals surface area contributed by atoms with Crippen LogP contribution in [0.2, 0.25) is 0 Å². The molecule has 0 saturated heterocycles. The summed E-state index contributed by atoms with van der Waals surface area (Å²) in [5.41, 5.74) is 1.04. The molecule has 0 bridgehead atoms. The lowest BCUT2D eigenvalue weighted by Crippen LogP contribution is -2.01. The van der Waals surface area contributed by atoms with E-state index in [-0.39, 0.29) is 5.97 Å². The summed E-state index contributed by atoms with van der Waals surface area (Å²) >= 11 is 0. The van der Waals surface area contributed by atoms with Crippen molar-refractivity contribution in [2.24, 2.45) is 0 Å². The molecule has 0 radical (unpaired) electrons. The third kappa shape index (κ3) is 2.05. The third-order valence-electron chi connectivity index (χ3n) is 2.01. The van der Waals surface area contributed by atoms with Gasteiger partial charge in [-0.15, -0.1) is 0 Å². The molecule has 0 aromatic carbocycles. The largest absolute Gasteiger partial charge is 0.427 e. The van der Waals surface area contributed by atoms with Crippen LogP contribution in [-0.2, 0) is 4.79 Å². The Kier molecular flexibility index (Phi) is 2.00. The molecule has 1 aromatic heterocycles. The average Bonchev–Trinajstić information content (AvgIpc) is 2.85. The standard InChI is InChI=1S/C10H11NO2/c1-7(12)13-9-4-5-11-10(6-9)8-2-3-8/h4-6,8H,2-3H2,1H3. The minimum Gasteiger partial charge on any atom is -0.427 e. The first kappa shape index (κ1) is 8.23. The van der Waals surface area contributed by atoms with Gasteiger partial charge in [0.25, 0.3) is 0 Å². The number of esters is 1. The van der Waals surface area contributed by atoms with Gasteiger partial charge in [0.1, 0.15) is 5.75 Å². The molecule has 0 spiro atoms. The summed E-state index contributed by atoms with van der Waals surface area (Å²) in [6, 6.07) is 3.55. The van der Waals surface area contributed by atoms with Gasteiger partial charge in [0.2, 0.25) is 0 Å². The van der Waals surface area contributed by atoms with Crippen molar-refractivity contribution >= 4 is 5.97 Å². The Morgan fingerprint density at radius 2 is 2.38 bits per heavy atom. The van der Waals surface area contributed by atoms with Crippen LogP contribution >= 0.6 is 0 Å². The highest BCUT2D eigenvalue weighted by Crippen LogP contribution is 2.39. The highest BCUT2D eigenvalue weighted by atomic mass is 16.5. The second kappa shape index (κ2) is 3.17. The lowest BCUT2D eigenvalue weighted by Gasteiger charge is -2.02. The van der Waals surface area contributed by atoms with Crippen LogP contribution in [0.1, 0.15) is 31.4 Å². The molecule has 1 fully saturated rings. The first-order valence-corrected chi connectivity index (χ1v) is 4.40. The van der Waals surface area contributed by atoms with Crippen LogP contribution in [0, 0.1) is 0 Å². The van der Waals surface area contributed by atoms with Crippen LogP contribution in [0.25, 0.3) is 0 Å². The summed E-state index contributed by atoms with van der Waals surface area (Å²) in [6.07, 6.45) is 4.10. The van der Waals surface area contributed by atoms with E-state index in [0.717, 1.165) is 5.69 Å². The van der Waals surface area contributed by atoms with Crippen molar-refractivity contribution in [1.82, 2.24) is 4.98 Å². The number of pyridine rings is 1. The van der Waals surface area contributed by atoms with Crippen LogP contribution < -0.4 is 4.74 Å². The fraction of sp³-hybridized carbons (Fsp3) is 0.400. The lowest BCUT2D eigenvalue weighted by molar-refractivity contribution is -0.131. The number of nitrogens with zero attached hydrogens (tertiary/aromatic N) is 1. The van der Waals surface area contributed by atoms with E-state index in [4.69, 9.17) is 4.74 Å². The summed E-state index contributed by atoms with van der Waals surface area (Å²) < 4.78 is 4.95. The molecule has 1 aliphatic rings. The van der Waals surface area contributed by atoms with Gasteiger partial charge in [-0.2, -0.15) is 0 Å². The highest BCUT2D eigenvalue weighted by molar-refractivity contribution is 5.69. The summed E-state index contributed by atoms with van der Waals surface area (Å²) in [6.45, 7) is 1.40.